The monoisotopic (exact) mass is 197 g/mol. The van der Waals surface area contributed by atoms with Crippen molar-refractivity contribution in [3.8, 4) is 0 Å². The standard InChI is InChI=1S/C8H14F3NO/c1-2-3-4-5-12-6-7(13)8(9,10)11/h2-3,7,12-13H,4-6H2,1H3/b3-2+. The third-order valence-corrected chi connectivity index (χ3v) is 1.44. The number of aliphatic hydroxyl groups is 1. The Kier molecular flexibility index (Phi) is 5.73. The van der Waals surface area contributed by atoms with Crippen molar-refractivity contribution in [2.75, 3.05) is 13.1 Å². The lowest BCUT2D eigenvalue weighted by molar-refractivity contribution is -0.201. The summed E-state index contributed by atoms with van der Waals surface area (Å²) in [6.07, 6.45) is -2.46. The predicted octanol–water partition coefficient (Wildman–Crippen LogP) is 1.47. The first-order chi connectivity index (χ1) is 5.98. The minimum atomic E-state index is -4.52. The fourth-order valence-corrected chi connectivity index (χ4v) is 0.707. The Morgan fingerprint density at radius 3 is 2.54 bits per heavy atom. The van der Waals surface area contributed by atoms with Crippen molar-refractivity contribution >= 4 is 0 Å². The first kappa shape index (κ1) is 12.4. The van der Waals surface area contributed by atoms with E-state index in [0.29, 0.717) is 13.0 Å². The summed E-state index contributed by atoms with van der Waals surface area (Å²) in [7, 11) is 0. The number of alkyl halides is 3. The SMILES string of the molecule is C/C=C/CCNCC(O)C(F)(F)F. The Bertz CT molecular complexity index is 156. The van der Waals surface area contributed by atoms with E-state index in [1.165, 1.54) is 0 Å². The number of nitrogens with one attached hydrogen (secondary N) is 1. The number of hydrogen-bond acceptors (Lipinski definition) is 2. The van der Waals surface area contributed by atoms with Crippen LogP contribution in [0.5, 0.6) is 0 Å². The van der Waals surface area contributed by atoms with Crippen LogP contribution < -0.4 is 5.32 Å². The smallest absolute Gasteiger partial charge is 0.382 e. The fourth-order valence-electron chi connectivity index (χ4n) is 0.707. The fraction of sp³-hybridized carbons (Fsp3) is 0.750. The van der Waals surface area contributed by atoms with Crippen LogP contribution in [0.4, 0.5) is 13.2 Å². The first-order valence-corrected chi connectivity index (χ1v) is 4.05. The van der Waals surface area contributed by atoms with Crippen LogP contribution in [0.15, 0.2) is 12.2 Å². The minimum Gasteiger partial charge on any atom is -0.382 e. The van der Waals surface area contributed by atoms with Gasteiger partial charge in [-0.1, -0.05) is 12.2 Å². The number of halogens is 3. The van der Waals surface area contributed by atoms with Crippen molar-refractivity contribution in [3.05, 3.63) is 12.2 Å². The van der Waals surface area contributed by atoms with Gasteiger partial charge < -0.3 is 10.4 Å². The molecule has 1 unspecified atom stereocenters. The van der Waals surface area contributed by atoms with Gasteiger partial charge in [0.2, 0.25) is 0 Å². The van der Waals surface area contributed by atoms with E-state index in [1.807, 2.05) is 19.1 Å². The third-order valence-electron chi connectivity index (χ3n) is 1.44. The highest BCUT2D eigenvalue weighted by Crippen LogP contribution is 2.18. The summed E-state index contributed by atoms with van der Waals surface area (Å²) >= 11 is 0. The van der Waals surface area contributed by atoms with Gasteiger partial charge in [-0.05, 0) is 19.9 Å². The Labute approximate surface area is 75.4 Å². The van der Waals surface area contributed by atoms with Gasteiger partial charge in [-0.25, -0.2) is 0 Å². The highest BCUT2D eigenvalue weighted by Gasteiger charge is 2.37. The summed E-state index contributed by atoms with van der Waals surface area (Å²) < 4.78 is 35.2. The first-order valence-electron chi connectivity index (χ1n) is 4.05. The van der Waals surface area contributed by atoms with Crippen LogP contribution >= 0.6 is 0 Å². The number of rotatable bonds is 5. The Morgan fingerprint density at radius 2 is 2.08 bits per heavy atom. The molecule has 0 saturated carbocycles. The summed E-state index contributed by atoms with van der Waals surface area (Å²) in [5.41, 5.74) is 0. The van der Waals surface area contributed by atoms with Crippen molar-refractivity contribution < 1.29 is 18.3 Å². The van der Waals surface area contributed by atoms with Crippen LogP contribution in [-0.2, 0) is 0 Å². The van der Waals surface area contributed by atoms with Crippen molar-refractivity contribution in [2.45, 2.75) is 25.6 Å². The molecule has 0 aromatic carbocycles. The summed E-state index contributed by atoms with van der Waals surface area (Å²) in [5, 5.41) is 11.0. The molecule has 0 aliphatic carbocycles. The van der Waals surface area contributed by atoms with Gasteiger partial charge in [-0.3, -0.25) is 0 Å². The van der Waals surface area contributed by atoms with Crippen LogP contribution in [0.3, 0.4) is 0 Å². The van der Waals surface area contributed by atoms with Crippen molar-refractivity contribution in [1.82, 2.24) is 5.32 Å². The van der Waals surface area contributed by atoms with Crippen molar-refractivity contribution in [2.24, 2.45) is 0 Å². The molecule has 0 bridgehead atoms. The highest BCUT2D eigenvalue weighted by molar-refractivity contribution is 4.78. The average Bonchev–Trinajstić information content (AvgIpc) is 2.02. The Balaban J connectivity index is 3.43. The van der Waals surface area contributed by atoms with E-state index in [4.69, 9.17) is 5.11 Å². The minimum absolute atomic E-state index is 0.442. The molecule has 0 aromatic heterocycles. The van der Waals surface area contributed by atoms with Crippen LogP contribution in [0.2, 0.25) is 0 Å². The van der Waals surface area contributed by atoms with E-state index >= 15 is 0 Å². The summed E-state index contributed by atoms with van der Waals surface area (Å²) in [6, 6.07) is 0. The van der Waals surface area contributed by atoms with Gasteiger partial charge in [0.1, 0.15) is 0 Å². The lowest BCUT2D eigenvalue weighted by atomic mass is 10.3. The maximum absolute atomic E-state index is 11.7. The molecule has 5 heteroatoms. The molecule has 0 aliphatic rings. The predicted molar refractivity (Wildman–Crippen MR) is 44.4 cm³/mol. The largest absolute Gasteiger partial charge is 0.415 e. The molecule has 0 aliphatic heterocycles. The van der Waals surface area contributed by atoms with E-state index in [2.05, 4.69) is 5.32 Å². The highest BCUT2D eigenvalue weighted by atomic mass is 19.4. The maximum Gasteiger partial charge on any atom is 0.415 e. The zero-order valence-corrected chi connectivity index (χ0v) is 7.43. The molecule has 78 valence electrons. The van der Waals surface area contributed by atoms with Crippen LogP contribution in [-0.4, -0.2) is 30.5 Å². The zero-order chi connectivity index (χ0) is 10.3. The van der Waals surface area contributed by atoms with Gasteiger partial charge in [0.15, 0.2) is 6.10 Å². The van der Waals surface area contributed by atoms with Crippen LogP contribution in [0, 0.1) is 0 Å². The van der Waals surface area contributed by atoms with E-state index in [9.17, 15) is 13.2 Å². The second-order valence-corrected chi connectivity index (χ2v) is 2.62. The van der Waals surface area contributed by atoms with Gasteiger partial charge >= 0.3 is 6.18 Å². The second-order valence-electron chi connectivity index (χ2n) is 2.62. The van der Waals surface area contributed by atoms with Crippen LogP contribution in [0.1, 0.15) is 13.3 Å². The Hall–Kier alpha value is -0.550. The molecule has 0 aromatic rings. The lowest BCUT2D eigenvalue weighted by Gasteiger charge is -2.14. The van der Waals surface area contributed by atoms with Gasteiger partial charge in [-0.2, -0.15) is 13.2 Å². The zero-order valence-electron chi connectivity index (χ0n) is 7.43. The maximum atomic E-state index is 11.7. The molecule has 0 heterocycles. The van der Waals surface area contributed by atoms with Crippen LogP contribution in [0.25, 0.3) is 0 Å². The number of hydrogen-bond donors (Lipinski definition) is 2. The van der Waals surface area contributed by atoms with E-state index < -0.39 is 18.8 Å². The molecular formula is C8H14F3NO. The molecule has 1 atom stereocenters. The molecular weight excluding hydrogens is 183 g/mol. The van der Waals surface area contributed by atoms with E-state index in [-0.39, 0.29) is 0 Å². The average molecular weight is 197 g/mol. The quantitative estimate of drug-likeness (QED) is 0.516. The van der Waals surface area contributed by atoms with Crippen molar-refractivity contribution in [3.63, 3.8) is 0 Å². The number of aliphatic hydroxyl groups excluding tert-OH is 1. The number of allylic oxidation sites excluding steroid dienone is 1. The van der Waals surface area contributed by atoms with Gasteiger partial charge in [0.05, 0.1) is 0 Å². The molecule has 2 nitrogen and oxygen atoms in total. The molecule has 0 saturated heterocycles. The molecule has 0 fully saturated rings. The van der Waals surface area contributed by atoms with Gasteiger partial charge in [0, 0.05) is 6.54 Å². The van der Waals surface area contributed by atoms with E-state index in [0.717, 1.165) is 0 Å². The molecule has 0 radical (unpaired) electrons. The molecule has 0 rings (SSSR count). The molecule has 0 spiro atoms. The molecule has 13 heavy (non-hydrogen) atoms. The topological polar surface area (TPSA) is 32.3 Å². The molecule has 2 N–H and O–H groups in total. The lowest BCUT2D eigenvalue weighted by Crippen LogP contribution is -2.38. The van der Waals surface area contributed by atoms with E-state index in [1.54, 1.807) is 0 Å². The third kappa shape index (κ3) is 6.60. The van der Waals surface area contributed by atoms with Gasteiger partial charge in [-0.15, -0.1) is 0 Å². The van der Waals surface area contributed by atoms with Gasteiger partial charge in [0.25, 0.3) is 0 Å². The summed E-state index contributed by atoms with van der Waals surface area (Å²) in [5.74, 6) is 0. The summed E-state index contributed by atoms with van der Waals surface area (Å²) in [6.45, 7) is 1.84. The molecule has 0 amide bonds. The van der Waals surface area contributed by atoms with Crippen molar-refractivity contribution in [1.29, 1.82) is 0 Å². The summed E-state index contributed by atoms with van der Waals surface area (Å²) in [4.78, 5) is 0. The Morgan fingerprint density at radius 1 is 1.46 bits per heavy atom. The second kappa shape index (κ2) is 5.99. The normalized spacial score (nSPS) is 15.2.